The Hall–Kier alpha value is -3.22. The Kier molecular flexibility index (Phi) is 5.26. The highest BCUT2D eigenvalue weighted by molar-refractivity contribution is 5.97. The van der Waals surface area contributed by atoms with Crippen LogP contribution in [-0.4, -0.2) is 23.1 Å². The lowest BCUT2D eigenvalue weighted by atomic mass is 10.0. The van der Waals surface area contributed by atoms with E-state index in [1.165, 1.54) is 12.1 Å². The summed E-state index contributed by atoms with van der Waals surface area (Å²) in [6.07, 6.45) is 0.418. The van der Waals surface area contributed by atoms with Gasteiger partial charge in [-0.3, -0.25) is 14.8 Å². The second kappa shape index (κ2) is 7.77. The number of nitrogens with one attached hydrogen (secondary N) is 2. The Bertz CT molecular complexity index is 938. The lowest BCUT2D eigenvalue weighted by Gasteiger charge is -2.13. The molecule has 0 aliphatic carbocycles. The van der Waals surface area contributed by atoms with Crippen molar-refractivity contribution in [1.82, 2.24) is 5.48 Å². The van der Waals surface area contributed by atoms with Crippen molar-refractivity contribution in [3.05, 3.63) is 77.9 Å². The van der Waals surface area contributed by atoms with Crippen LogP contribution in [0.3, 0.4) is 0 Å². The smallest absolute Gasteiger partial charge is 0.274 e. The molecule has 0 fully saturated rings. The first-order valence-electron chi connectivity index (χ1n) is 8.15. The Morgan fingerprint density at radius 1 is 0.962 bits per heavy atom. The summed E-state index contributed by atoms with van der Waals surface area (Å²) in [6, 6.07) is 19.5. The predicted octanol–water partition coefficient (Wildman–Crippen LogP) is 2.47. The van der Waals surface area contributed by atoms with Crippen LogP contribution in [0.4, 0.5) is 5.69 Å². The van der Waals surface area contributed by atoms with Crippen molar-refractivity contribution in [2.75, 3.05) is 5.32 Å². The summed E-state index contributed by atoms with van der Waals surface area (Å²) < 4.78 is 0. The first-order valence-corrected chi connectivity index (χ1v) is 8.15. The molecule has 0 aromatic heterocycles. The van der Waals surface area contributed by atoms with Gasteiger partial charge in [-0.1, -0.05) is 42.5 Å². The molecule has 1 atom stereocenters. The first kappa shape index (κ1) is 17.6. The highest BCUT2D eigenvalue weighted by atomic mass is 16.5. The minimum Gasteiger partial charge on any atom is -0.325 e. The fraction of sp³-hybridized carbons (Fsp3) is 0.100. The molecule has 0 aliphatic heterocycles. The summed E-state index contributed by atoms with van der Waals surface area (Å²) in [5.74, 6) is -0.923. The summed E-state index contributed by atoms with van der Waals surface area (Å²) >= 11 is 0. The van der Waals surface area contributed by atoms with Gasteiger partial charge in [0, 0.05) is 11.3 Å². The first-order chi connectivity index (χ1) is 12.6. The van der Waals surface area contributed by atoms with Gasteiger partial charge in [-0.2, -0.15) is 0 Å². The highest BCUT2D eigenvalue weighted by Crippen LogP contribution is 2.17. The van der Waals surface area contributed by atoms with Gasteiger partial charge in [0.25, 0.3) is 5.91 Å². The minimum absolute atomic E-state index is 0.283. The highest BCUT2D eigenvalue weighted by Gasteiger charge is 2.15. The molecule has 3 rings (SSSR count). The van der Waals surface area contributed by atoms with Crippen molar-refractivity contribution >= 4 is 28.3 Å². The topological polar surface area (TPSA) is 104 Å². The summed E-state index contributed by atoms with van der Waals surface area (Å²) in [5.41, 5.74) is 9.38. The van der Waals surface area contributed by atoms with Crippen molar-refractivity contribution < 1.29 is 14.8 Å². The molecular formula is C20H19N3O3. The lowest BCUT2D eigenvalue weighted by molar-refractivity contribution is -0.117. The van der Waals surface area contributed by atoms with Crippen LogP contribution in [0.15, 0.2) is 66.7 Å². The predicted molar refractivity (Wildman–Crippen MR) is 100.0 cm³/mol. The van der Waals surface area contributed by atoms with E-state index in [9.17, 15) is 9.59 Å². The molecule has 0 heterocycles. The SMILES string of the molecule is N[C@H](Cc1ccc2ccccc2c1)C(=O)Nc1ccc(C(=O)NO)cc1. The molecule has 2 amide bonds. The van der Waals surface area contributed by atoms with Crippen molar-refractivity contribution in [2.45, 2.75) is 12.5 Å². The maximum Gasteiger partial charge on any atom is 0.274 e. The number of benzene rings is 3. The Morgan fingerprint density at radius 2 is 1.65 bits per heavy atom. The number of hydrogen-bond acceptors (Lipinski definition) is 4. The quantitative estimate of drug-likeness (QED) is 0.419. The van der Waals surface area contributed by atoms with Crippen LogP contribution in [0.1, 0.15) is 15.9 Å². The zero-order valence-electron chi connectivity index (χ0n) is 14.0. The Morgan fingerprint density at radius 3 is 2.35 bits per heavy atom. The number of carbonyl (C=O) groups excluding carboxylic acids is 2. The maximum absolute atomic E-state index is 12.3. The van der Waals surface area contributed by atoms with Crippen molar-refractivity contribution in [3.8, 4) is 0 Å². The van der Waals surface area contributed by atoms with Gasteiger partial charge in [0.2, 0.25) is 5.91 Å². The summed E-state index contributed by atoms with van der Waals surface area (Å²) in [5, 5.41) is 13.6. The number of carbonyl (C=O) groups is 2. The van der Waals surface area contributed by atoms with E-state index in [1.54, 1.807) is 17.6 Å². The fourth-order valence-corrected chi connectivity index (χ4v) is 2.72. The van der Waals surface area contributed by atoms with Crippen molar-refractivity contribution in [3.63, 3.8) is 0 Å². The number of rotatable bonds is 5. The van der Waals surface area contributed by atoms with Gasteiger partial charge in [0.1, 0.15) is 0 Å². The molecule has 6 nitrogen and oxygen atoms in total. The maximum atomic E-state index is 12.3. The molecule has 132 valence electrons. The number of hydrogen-bond donors (Lipinski definition) is 4. The minimum atomic E-state index is -0.698. The van der Waals surface area contributed by atoms with Crippen molar-refractivity contribution in [1.29, 1.82) is 0 Å². The zero-order valence-corrected chi connectivity index (χ0v) is 14.0. The number of amides is 2. The average Bonchev–Trinajstić information content (AvgIpc) is 2.67. The normalized spacial score (nSPS) is 11.8. The van der Waals surface area contributed by atoms with Crippen LogP contribution in [0, 0.1) is 0 Å². The van der Waals surface area contributed by atoms with E-state index in [0.29, 0.717) is 12.1 Å². The van der Waals surface area contributed by atoms with E-state index in [4.69, 9.17) is 10.9 Å². The van der Waals surface area contributed by atoms with Gasteiger partial charge in [-0.25, -0.2) is 5.48 Å². The van der Waals surface area contributed by atoms with Gasteiger partial charge in [-0.05, 0) is 47.0 Å². The van der Waals surface area contributed by atoms with Crippen LogP contribution in [0.5, 0.6) is 0 Å². The van der Waals surface area contributed by atoms with E-state index >= 15 is 0 Å². The molecule has 0 bridgehead atoms. The third kappa shape index (κ3) is 4.05. The summed E-state index contributed by atoms with van der Waals surface area (Å²) in [4.78, 5) is 23.6. The van der Waals surface area contributed by atoms with Crippen LogP contribution < -0.4 is 16.5 Å². The monoisotopic (exact) mass is 349 g/mol. The number of anilines is 1. The molecule has 0 spiro atoms. The summed E-state index contributed by atoms with van der Waals surface area (Å²) in [6.45, 7) is 0. The molecule has 0 radical (unpaired) electrons. The third-order valence-electron chi connectivity index (χ3n) is 4.12. The molecule has 0 saturated heterocycles. The van der Waals surface area contributed by atoms with Gasteiger partial charge >= 0.3 is 0 Å². The molecule has 3 aromatic carbocycles. The number of hydroxylamine groups is 1. The Labute approximate surface area is 150 Å². The van der Waals surface area contributed by atoms with Crippen LogP contribution >= 0.6 is 0 Å². The molecule has 0 aliphatic rings. The van der Waals surface area contributed by atoms with Gasteiger partial charge < -0.3 is 11.1 Å². The average molecular weight is 349 g/mol. The number of nitrogens with two attached hydrogens (primary N) is 1. The lowest BCUT2D eigenvalue weighted by Crippen LogP contribution is -2.37. The van der Waals surface area contributed by atoms with Gasteiger partial charge in [0.05, 0.1) is 6.04 Å². The zero-order chi connectivity index (χ0) is 18.5. The Balaban J connectivity index is 1.64. The second-order valence-corrected chi connectivity index (χ2v) is 6.00. The fourth-order valence-electron chi connectivity index (χ4n) is 2.72. The molecule has 6 heteroatoms. The van der Waals surface area contributed by atoms with E-state index in [2.05, 4.69) is 5.32 Å². The van der Waals surface area contributed by atoms with E-state index in [1.807, 2.05) is 42.5 Å². The van der Waals surface area contributed by atoms with Gasteiger partial charge in [-0.15, -0.1) is 0 Å². The number of fused-ring (bicyclic) bond motifs is 1. The molecule has 3 aromatic rings. The van der Waals surface area contributed by atoms with Crippen LogP contribution in [0.2, 0.25) is 0 Å². The summed E-state index contributed by atoms with van der Waals surface area (Å²) in [7, 11) is 0. The largest absolute Gasteiger partial charge is 0.325 e. The van der Waals surface area contributed by atoms with E-state index in [0.717, 1.165) is 16.3 Å². The second-order valence-electron chi connectivity index (χ2n) is 6.00. The standard InChI is InChI=1S/C20H19N3O3/c21-18(12-13-5-6-14-3-1-2-4-16(14)11-13)20(25)22-17-9-7-15(8-10-17)19(24)23-26/h1-11,18,26H,12,21H2,(H,22,25)(H,23,24)/t18-/m1/s1. The van der Waals surface area contributed by atoms with Gasteiger partial charge in [0.15, 0.2) is 0 Å². The van der Waals surface area contributed by atoms with Crippen LogP contribution in [-0.2, 0) is 11.2 Å². The molecule has 5 N–H and O–H groups in total. The molecule has 0 saturated carbocycles. The van der Waals surface area contributed by atoms with Crippen LogP contribution in [0.25, 0.3) is 10.8 Å². The molecule has 0 unspecified atom stereocenters. The van der Waals surface area contributed by atoms with Crippen molar-refractivity contribution in [2.24, 2.45) is 5.73 Å². The third-order valence-corrected chi connectivity index (χ3v) is 4.12. The molecule has 26 heavy (non-hydrogen) atoms. The van der Waals surface area contributed by atoms with E-state index < -0.39 is 11.9 Å². The van der Waals surface area contributed by atoms with E-state index in [-0.39, 0.29) is 11.5 Å². The molecular weight excluding hydrogens is 330 g/mol.